The van der Waals surface area contributed by atoms with Gasteiger partial charge in [0.1, 0.15) is 5.82 Å². The molecule has 0 saturated carbocycles. The van der Waals surface area contributed by atoms with Crippen molar-refractivity contribution >= 4 is 15.9 Å². The lowest BCUT2D eigenvalue weighted by molar-refractivity contribution is 0.271. The largest absolute Gasteiger partial charge is 0.299 e. The second kappa shape index (κ2) is 6.67. The highest BCUT2D eigenvalue weighted by molar-refractivity contribution is 9.10. The van der Waals surface area contributed by atoms with Crippen molar-refractivity contribution in [1.29, 1.82) is 0 Å². The summed E-state index contributed by atoms with van der Waals surface area (Å²) in [7, 11) is 0. The highest BCUT2D eigenvalue weighted by Crippen LogP contribution is 2.22. The van der Waals surface area contributed by atoms with Gasteiger partial charge in [-0.3, -0.25) is 4.90 Å². The molecule has 2 rings (SSSR count). The second-order valence-electron chi connectivity index (χ2n) is 5.26. The molecule has 1 heterocycles. The molecule has 1 atom stereocenters. The van der Waals surface area contributed by atoms with Gasteiger partial charge in [-0.1, -0.05) is 29.3 Å². The molecule has 0 bridgehead atoms. The first-order valence-electron chi connectivity index (χ1n) is 6.84. The molecule has 1 aromatic rings. The second-order valence-corrected chi connectivity index (χ2v) is 6.17. The predicted octanol–water partition coefficient (Wildman–Crippen LogP) is 4.60. The lowest BCUT2D eigenvalue weighted by Crippen LogP contribution is -2.24. The summed E-state index contributed by atoms with van der Waals surface area (Å²) < 4.78 is 14.2. The van der Waals surface area contributed by atoms with Crippen molar-refractivity contribution < 1.29 is 4.39 Å². The maximum absolute atomic E-state index is 13.3. The van der Waals surface area contributed by atoms with Gasteiger partial charge in [0.25, 0.3) is 0 Å². The molecule has 0 spiro atoms. The van der Waals surface area contributed by atoms with E-state index >= 15 is 0 Å². The Bertz CT molecular complexity index is 374. The van der Waals surface area contributed by atoms with Crippen LogP contribution in [0.2, 0.25) is 0 Å². The van der Waals surface area contributed by atoms with Crippen LogP contribution in [-0.2, 0) is 6.54 Å². The zero-order chi connectivity index (χ0) is 13.0. The first kappa shape index (κ1) is 14.0. The Hall–Kier alpha value is -0.410. The normalized spacial score (nSPS) is 21.8. The highest BCUT2D eigenvalue weighted by Gasteiger charge is 2.16. The van der Waals surface area contributed by atoms with E-state index in [2.05, 4.69) is 27.8 Å². The molecule has 1 unspecified atom stereocenters. The molecule has 0 radical (unpaired) electrons. The molecule has 1 aliphatic rings. The summed E-state index contributed by atoms with van der Waals surface area (Å²) >= 11 is 3.36. The van der Waals surface area contributed by atoms with E-state index < -0.39 is 0 Å². The molecular formula is C15H21BrFN. The van der Waals surface area contributed by atoms with Crippen molar-refractivity contribution in [3.05, 3.63) is 34.1 Å². The van der Waals surface area contributed by atoms with Crippen LogP contribution in [0.3, 0.4) is 0 Å². The fraction of sp³-hybridized carbons (Fsp3) is 0.600. The smallest absolute Gasteiger partial charge is 0.124 e. The summed E-state index contributed by atoms with van der Waals surface area (Å²) in [6.07, 6.45) is 5.20. The molecule has 18 heavy (non-hydrogen) atoms. The minimum absolute atomic E-state index is 0.152. The van der Waals surface area contributed by atoms with Crippen LogP contribution in [-0.4, -0.2) is 18.0 Å². The Morgan fingerprint density at radius 1 is 1.28 bits per heavy atom. The molecule has 1 aliphatic heterocycles. The number of nitrogens with zero attached hydrogens (tertiary/aromatic N) is 1. The third-order valence-corrected chi connectivity index (χ3v) is 4.30. The van der Waals surface area contributed by atoms with Gasteiger partial charge in [0.2, 0.25) is 0 Å². The van der Waals surface area contributed by atoms with Gasteiger partial charge >= 0.3 is 0 Å². The fourth-order valence-electron chi connectivity index (χ4n) is 2.75. The summed E-state index contributed by atoms with van der Waals surface area (Å²) in [5, 5.41) is 0. The van der Waals surface area contributed by atoms with Gasteiger partial charge in [-0.25, -0.2) is 4.39 Å². The number of hydrogen-bond acceptors (Lipinski definition) is 1. The molecule has 1 saturated heterocycles. The van der Waals surface area contributed by atoms with Crippen molar-refractivity contribution in [2.45, 2.75) is 39.2 Å². The van der Waals surface area contributed by atoms with E-state index in [1.54, 1.807) is 6.07 Å². The Morgan fingerprint density at radius 3 is 2.83 bits per heavy atom. The quantitative estimate of drug-likeness (QED) is 0.788. The lowest BCUT2D eigenvalue weighted by atomic mass is 9.98. The Balaban J connectivity index is 1.96. The van der Waals surface area contributed by atoms with Gasteiger partial charge in [0, 0.05) is 11.0 Å². The zero-order valence-electron chi connectivity index (χ0n) is 11.0. The molecule has 0 amide bonds. The summed E-state index contributed by atoms with van der Waals surface area (Å²) in [4.78, 5) is 2.46. The van der Waals surface area contributed by atoms with Crippen molar-refractivity contribution in [3.8, 4) is 0 Å². The Kier molecular flexibility index (Phi) is 5.19. The van der Waals surface area contributed by atoms with E-state index in [0.717, 1.165) is 35.6 Å². The van der Waals surface area contributed by atoms with E-state index in [-0.39, 0.29) is 5.82 Å². The summed E-state index contributed by atoms with van der Waals surface area (Å²) in [5.74, 6) is 0.731. The maximum atomic E-state index is 13.3. The van der Waals surface area contributed by atoms with Crippen LogP contribution in [0, 0.1) is 11.7 Å². The number of hydrogen-bond donors (Lipinski definition) is 0. The van der Waals surface area contributed by atoms with Crippen molar-refractivity contribution in [2.75, 3.05) is 13.1 Å². The number of likely N-dealkylation sites (tertiary alicyclic amines) is 1. The minimum Gasteiger partial charge on any atom is -0.299 e. The van der Waals surface area contributed by atoms with Crippen molar-refractivity contribution in [3.63, 3.8) is 0 Å². The maximum Gasteiger partial charge on any atom is 0.124 e. The Labute approximate surface area is 118 Å². The first-order chi connectivity index (χ1) is 8.67. The van der Waals surface area contributed by atoms with E-state index in [1.807, 2.05) is 6.07 Å². The van der Waals surface area contributed by atoms with Gasteiger partial charge in [0.05, 0.1) is 0 Å². The summed E-state index contributed by atoms with van der Waals surface area (Å²) in [5.41, 5.74) is 1.07. The molecule has 1 aromatic carbocycles. The fourth-order valence-corrected chi connectivity index (χ4v) is 3.26. The van der Waals surface area contributed by atoms with Crippen LogP contribution < -0.4 is 0 Å². The van der Waals surface area contributed by atoms with Crippen LogP contribution in [0.5, 0.6) is 0 Å². The van der Waals surface area contributed by atoms with Gasteiger partial charge in [-0.05, 0) is 62.0 Å². The molecule has 1 nitrogen and oxygen atoms in total. The summed E-state index contributed by atoms with van der Waals surface area (Å²) in [6.45, 7) is 5.44. The molecule has 0 aromatic heterocycles. The number of halogens is 2. The molecule has 0 N–H and O–H groups in total. The van der Waals surface area contributed by atoms with Gasteiger partial charge in [-0.2, -0.15) is 0 Å². The lowest BCUT2D eigenvalue weighted by Gasteiger charge is -2.20. The third kappa shape index (κ3) is 4.06. The van der Waals surface area contributed by atoms with E-state index in [9.17, 15) is 4.39 Å². The molecule has 3 heteroatoms. The van der Waals surface area contributed by atoms with Crippen molar-refractivity contribution in [2.24, 2.45) is 5.92 Å². The Morgan fingerprint density at radius 2 is 2.11 bits per heavy atom. The first-order valence-corrected chi connectivity index (χ1v) is 7.64. The van der Waals surface area contributed by atoms with Gasteiger partial charge < -0.3 is 0 Å². The monoisotopic (exact) mass is 313 g/mol. The minimum atomic E-state index is -0.152. The van der Waals surface area contributed by atoms with E-state index in [1.165, 1.54) is 31.7 Å². The average Bonchev–Trinajstić information content (AvgIpc) is 2.53. The predicted molar refractivity (Wildman–Crippen MR) is 77.0 cm³/mol. The third-order valence-electron chi connectivity index (χ3n) is 3.85. The standard InChI is InChI=1S/C15H21BrFN/c1-2-12-4-3-6-18(7-5-12)11-13-8-14(16)10-15(17)9-13/h8-10,12H,2-7,11H2,1H3. The molecular weight excluding hydrogens is 293 g/mol. The zero-order valence-corrected chi connectivity index (χ0v) is 12.5. The SMILES string of the molecule is CCC1CCCN(Cc2cc(F)cc(Br)c2)CC1. The van der Waals surface area contributed by atoms with Gasteiger partial charge in [0.15, 0.2) is 0 Å². The van der Waals surface area contributed by atoms with Crippen LogP contribution in [0.25, 0.3) is 0 Å². The molecule has 1 fully saturated rings. The van der Waals surface area contributed by atoms with E-state index in [4.69, 9.17) is 0 Å². The topological polar surface area (TPSA) is 3.24 Å². The summed E-state index contributed by atoms with van der Waals surface area (Å²) in [6, 6.07) is 5.18. The van der Waals surface area contributed by atoms with Crippen LogP contribution >= 0.6 is 15.9 Å². The highest BCUT2D eigenvalue weighted by atomic mass is 79.9. The van der Waals surface area contributed by atoms with Crippen molar-refractivity contribution in [1.82, 2.24) is 4.90 Å². The van der Waals surface area contributed by atoms with Crippen LogP contribution in [0.15, 0.2) is 22.7 Å². The van der Waals surface area contributed by atoms with Crippen LogP contribution in [0.1, 0.15) is 38.2 Å². The average molecular weight is 314 g/mol. The number of benzene rings is 1. The molecule has 0 aliphatic carbocycles. The molecule has 100 valence electrons. The number of rotatable bonds is 3. The van der Waals surface area contributed by atoms with E-state index in [0.29, 0.717) is 0 Å². The van der Waals surface area contributed by atoms with Gasteiger partial charge in [-0.15, -0.1) is 0 Å². The van der Waals surface area contributed by atoms with Crippen LogP contribution in [0.4, 0.5) is 4.39 Å².